The summed E-state index contributed by atoms with van der Waals surface area (Å²) in [6.07, 6.45) is 1.55. The summed E-state index contributed by atoms with van der Waals surface area (Å²) < 4.78 is 31.4. The highest BCUT2D eigenvalue weighted by atomic mass is 32.2. The molecule has 0 saturated heterocycles. The maximum Gasteiger partial charge on any atom is 0.284 e. The fourth-order valence-corrected chi connectivity index (χ4v) is 4.72. The van der Waals surface area contributed by atoms with Crippen molar-refractivity contribution in [2.45, 2.75) is 12.5 Å². The van der Waals surface area contributed by atoms with Crippen molar-refractivity contribution in [3.05, 3.63) is 82.0 Å². The summed E-state index contributed by atoms with van der Waals surface area (Å²) in [4.78, 5) is 13.8. The predicted molar refractivity (Wildman–Crippen MR) is 122 cm³/mol. The molecule has 0 saturated carbocycles. The van der Waals surface area contributed by atoms with Gasteiger partial charge in [-0.25, -0.2) is 13.4 Å². The Kier molecular flexibility index (Phi) is 5.79. The first kappa shape index (κ1) is 21.1. The number of nitrogens with zero attached hydrogens (tertiary/aromatic N) is 2. The van der Waals surface area contributed by atoms with Crippen LogP contribution in [0.2, 0.25) is 0 Å². The smallest absolute Gasteiger partial charge is 0.284 e. The zero-order valence-corrected chi connectivity index (χ0v) is 18.6. The van der Waals surface area contributed by atoms with Crippen molar-refractivity contribution in [1.29, 1.82) is 0 Å². The normalized spacial score (nSPS) is 16.1. The molecule has 0 spiro atoms. The summed E-state index contributed by atoms with van der Waals surface area (Å²) in [5.41, 5.74) is 2.63. The first-order valence-electron chi connectivity index (χ1n) is 9.51. The molecule has 7 nitrogen and oxygen atoms in total. The second-order valence-electron chi connectivity index (χ2n) is 7.09. The number of hydrogen-bond donors (Lipinski definition) is 1. The topological polar surface area (TPSA) is 88.1 Å². The zero-order chi connectivity index (χ0) is 22.0. The summed E-state index contributed by atoms with van der Waals surface area (Å²) in [5.74, 6) is 0.529. The third-order valence-electron chi connectivity index (χ3n) is 4.88. The van der Waals surface area contributed by atoms with E-state index in [2.05, 4.69) is 9.82 Å². The van der Waals surface area contributed by atoms with Crippen molar-refractivity contribution >= 4 is 38.7 Å². The monoisotopic (exact) mass is 455 g/mol. The number of thiophene rings is 1. The Labute approximate surface area is 185 Å². The minimum absolute atomic E-state index is 0.195. The number of benzene rings is 2. The molecule has 2 aromatic carbocycles. The lowest BCUT2D eigenvalue weighted by atomic mass is 9.97. The van der Waals surface area contributed by atoms with E-state index in [0.29, 0.717) is 28.3 Å². The van der Waals surface area contributed by atoms with Gasteiger partial charge in [0.05, 0.1) is 35.7 Å². The molecule has 1 aromatic heterocycles. The van der Waals surface area contributed by atoms with Gasteiger partial charge >= 0.3 is 0 Å². The maximum absolute atomic E-state index is 13.2. The molecule has 0 bridgehead atoms. The standard InChI is InChI=1S/C22H21N3O4S2/c1-29-16-11-9-15(10-12-16)20-14-19(23-25(20)22(26)21-8-5-13-30-21)17-6-3-4-7-18(17)24-31(2,27)28/h3-13,20,24H,14H2,1-2H3/t20-/m1/s1. The number of carbonyl (C=O) groups is 1. The van der Waals surface area contributed by atoms with Gasteiger partial charge in [-0.15, -0.1) is 11.3 Å². The molecule has 1 aliphatic rings. The lowest BCUT2D eigenvalue weighted by Crippen LogP contribution is -2.26. The lowest BCUT2D eigenvalue weighted by molar-refractivity contribution is 0.0716. The molecule has 4 rings (SSSR count). The van der Waals surface area contributed by atoms with Crippen molar-refractivity contribution in [2.75, 3.05) is 18.1 Å². The van der Waals surface area contributed by atoms with Crippen LogP contribution in [0, 0.1) is 0 Å². The SMILES string of the molecule is COc1ccc([C@H]2CC(c3ccccc3NS(C)(=O)=O)=NN2C(=O)c2cccs2)cc1. The van der Waals surface area contributed by atoms with Crippen molar-refractivity contribution in [3.63, 3.8) is 0 Å². The van der Waals surface area contributed by atoms with Gasteiger partial charge in [0.2, 0.25) is 10.0 Å². The van der Waals surface area contributed by atoms with E-state index < -0.39 is 10.0 Å². The average molecular weight is 456 g/mol. The van der Waals surface area contributed by atoms with Gasteiger partial charge in [0.25, 0.3) is 5.91 Å². The number of para-hydroxylation sites is 1. The fraction of sp³-hybridized carbons (Fsp3) is 0.182. The largest absolute Gasteiger partial charge is 0.497 e. The lowest BCUT2D eigenvalue weighted by Gasteiger charge is -2.21. The Bertz CT molecular complexity index is 1220. The van der Waals surface area contributed by atoms with Crippen molar-refractivity contribution < 1.29 is 17.9 Å². The molecule has 2 heterocycles. The van der Waals surface area contributed by atoms with E-state index >= 15 is 0 Å². The summed E-state index contributed by atoms with van der Waals surface area (Å²) in [6.45, 7) is 0. The predicted octanol–water partition coefficient (Wildman–Crippen LogP) is 4.12. The van der Waals surface area contributed by atoms with E-state index in [4.69, 9.17) is 4.74 Å². The molecule has 9 heteroatoms. The summed E-state index contributed by atoms with van der Waals surface area (Å²) in [7, 11) is -1.86. The third-order valence-corrected chi connectivity index (χ3v) is 6.33. The maximum atomic E-state index is 13.2. The molecule has 1 atom stereocenters. The van der Waals surface area contributed by atoms with Gasteiger partial charge in [0, 0.05) is 12.0 Å². The van der Waals surface area contributed by atoms with Crippen LogP contribution < -0.4 is 9.46 Å². The molecule has 160 valence electrons. The zero-order valence-electron chi connectivity index (χ0n) is 17.0. The molecule has 0 fully saturated rings. The van der Waals surface area contributed by atoms with Crippen molar-refractivity contribution in [2.24, 2.45) is 5.10 Å². The number of amides is 1. The third kappa shape index (κ3) is 4.62. The first-order valence-corrected chi connectivity index (χ1v) is 12.3. The highest BCUT2D eigenvalue weighted by Crippen LogP contribution is 2.36. The number of sulfonamides is 1. The van der Waals surface area contributed by atoms with Crippen LogP contribution in [0.25, 0.3) is 0 Å². The van der Waals surface area contributed by atoms with Gasteiger partial charge in [-0.2, -0.15) is 5.10 Å². The number of hydrogen-bond acceptors (Lipinski definition) is 6. The summed E-state index contributed by atoms with van der Waals surface area (Å²) in [6, 6.07) is 17.9. The molecule has 1 aliphatic heterocycles. The first-order chi connectivity index (χ1) is 14.9. The molecule has 3 aromatic rings. The van der Waals surface area contributed by atoms with Crippen LogP contribution in [0.15, 0.2) is 71.1 Å². The van der Waals surface area contributed by atoms with Gasteiger partial charge in [-0.3, -0.25) is 9.52 Å². The van der Waals surface area contributed by atoms with E-state index in [1.807, 2.05) is 41.8 Å². The van der Waals surface area contributed by atoms with Crippen molar-refractivity contribution in [1.82, 2.24) is 5.01 Å². The molecule has 1 amide bonds. The van der Waals surface area contributed by atoms with Crippen molar-refractivity contribution in [3.8, 4) is 5.75 Å². The molecule has 0 radical (unpaired) electrons. The van der Waals surface area contributed by atoms with Crippen LogP contribution in [0.1, 0.15) is 33.3 Å². The van der Waals surface area contributed by atoms with E-state index in [0.717, 1.165) is 17.6 Å². The van der Waals surface area contributed by atoms with E-state index in [-0.39, 0.29) is 11.9 Å². The Morgan fingerprint density at radius 3 is 2.52 bits per heavy atom. The van der Waals surface area contributed by atoms with Gasteiger partial charge < -0.3 is 4.74 Å². The summed E-state index contributed by atoms with van der Waals surface area (Å²) >= 11 is 1.36. The number of ether oxygens (including phenoxy) is 1. The van der Waals surface area contributed by atoms with Gasteiger partial charge in [0.1, 0.15) is 5.75 Å². The van der Waals surface area contributed by atoms with E-state index in [9.17, 15) is 13.2 Å². The van der Waals surface area contributed by atoms with Crippen LogP contribution >= 0.6 is 11.3 Å². The minimum atomic E-state index is -3.47. The highest BCUT2D eigenvalue weighted by molar-refractivity contribution is 7.92. The quantitative estimate of drug-likeness (QED) is 0.606. The van der Waals surface area contributed by atoms with Gasteiger partial charge in [-0.05, 0) is 35.2 Å². The average Bonchev–Trinajstić information content (AvgIpc) is 3.43. The Hall–Kier alpha value is -3.17. The number of anilines is 1. The van der Waals surface area contributed by atoms with Gasteiger partial charge in [0.15, 0.2) is 0 Å². The highest BCUT2D eigenvalue weighted by Gasteiger charge is 2.34. The minimum Gasteiger partial charge on any atom is -0.497 e. The van der Waals surface area contributed by atoms with Crippen LogP contribution in [0.5, 0.6) is 5.75 Å². The molecular weight excluding hydrogens is 434 g/mol. The Morgan fingerprint density at radius 1 is 1.13 bits per heavy atom. The van der Waals surface area contributed by atoms with Crippen LogP contribution in [-0.4, -0.2) is 38.4 Å². The van der Waals surface area contributed by atoms with Crippen LogP contribution in [0.4, 0.5) is 5.69 Å². The number of methoxy groups -OCH3 is 1. The second-order valence-corrected chi connectivity index (χ2v) is 9.78. The number of carbonyl (C=O) groups excluding carboxylic acids is 1. The fourth-order valence-electron chi connectivity index (χ4n) is 3.48. The summed E-state index contributed by atoms with van der Waals surface area (Å²) in [5, 5.41) is 7.98. The number of rotatable bonds is 6. The Balaban J connectivity index is 1.75. The number of nitrogens with one attached hydrogen (secondary N) is 1. The molecular formula is C22H21N3O4S2. The second kappa shape index (κ2) is 8.52. The molecule has 0 aliphatic carbocycles. The Morgan fingerprint density at radius 2 is 1.87 bits per heavy atom. The van der Waals surface area contributed by atoms with E-state index in [1.54, 1.807) is 31.4 Å². The molecule has 31 heavy (non-hydrogen) atoms. The van der Waals surface area contributed by atoms with Gasteiger partial charge in [-0.1, -0.05) is 36.4 Å². The molecule has 1 N–H and O–H groups in total. The van der Waals surface area contributed by atoms with E-state index in [1.165, 1.54) is 16.3 Å². The van der Waals surface area contributed by atoms with Crippen LogP contribution in [-0.2, 0) is 10.0 Å². The number of hydrazone groups is 1. The molecule has 0 unspecified atom stereocenters. The van der Waals surface area contributed by atoms with Crippen LogP contribution in [0.3, 0.4) is 0 Å².